The van der Waals surface area contributed by atoms with E-state index in [4.69, 9.17) is 9.47 Å². The molecule has 1 aliphatic rings. The Labute approximate surface area is 122 Å². The molecular weight excluding hydrogens is 276 g/mol. The number of anilines is 2. The fraction of sp³-hybridized carbons (Fsp3) is 0.357. The van der Waals surface area contributed by atoms with Crippen molar-refractivity contribution < 1.29 is 23.9 Å². The summed E-state index contributed by atoms with van der Waals surface area (Å²) in [5.74, 6) is -1.30. The van der Waals surface area contributed by atoms with E-state index in [1.807, 2.05) is 0 Å². The Balaban J connectivity index is 2.61. The molecule has 7 nitrogen and oxygen atoms in total. The number of carbonyl (C=O) groups is 3. The molecule has 0 aliphatic carbocycles. The summed E-state index contributed by atoms with van der Waals surface area (Å²) in [6.07, 6.45) is 0.517. The monoisotopic (exact) mass is 292 g/mol. The summed E-state index contributed by atoms with van der Waals surface area (Å²) < 4.78 is 9.50. The fourth-order valence-corrected chi connectivity index (χ4v) is 2.54. The molecule has 0 fully saturated rings. The molecule has 1 amide bonds. The number of carbonyl (C=O) groups excluding carboxylic acids is 3. The zero-order chi connectivity index (χ0) is 15.6. The van der Waals surface area contributed by atoms with E-state index in [0.717, 1.165) is 0 Å². The number of para-hydroxylation sites is 2. The number of methoxy groups -OCH3 is 2. The van der Waals surface area contributed by atoms with Gasteiger partial charge in [-0.2, -0.15) is 0 Å². The molecular formula is C14H16N2O5. The summed E-state index contributed by atoms with van der Waals surface area (Å²) in [7, 11) is 4.11. The average Bonchev–Trinajstić information content (AvgIpc) is 2.53. The second-order valence-corrected chi connectivity index (χ2v) is 4.55. The van der Waals surface area contributed by atoms with Crippen LogP contribution in [0.25, 0.3) is 0 Å². The second kappa shape index (κ2) is 5.82. The zero-order valence-electron chi connectivity index (χ0n) is 12.0. The molecule has 0 N–H and O–H groups in total. The predicted molar refractivity (Wildman–Crippen MR) is 75.0 cm³/mol. The first-order valence-electron chi connectivity index (χ1n) is 6.28. The van der Waals surface area contributed by atoms with Gasteiger partial charge >= 0.3 is 11.9 Å². The summed E-state index contributed by atoms with van der Waals surface area (Å²) in [4.78, 5) is 38.4. The highest BCUT2D eigenvalue weighted by atomic mass is 16.5. The van der Waals surface area contributed by atoms with Crippen LogP contribution in [-0.2, 0) is 23.9 Å². The van der Waals surface area contributed by atoms with Gasteiger partial charge < -0.3 is 14.4 Å². The van der Waals surface area contributed by atoms with E-state index in [2.05, 4.69) is 0 Å². The Morgan fingerprint density at radius 2 is 1.57 bits per heavy atom. The zero-order valence-corrected chi connectivity index (χ0v) is 12.0. The van der Waals surface area contributed by atoms with E-state index in [9.17, 15) is 14.4 Å². The normalized spacial score (nSPS) is 20.5. The van der Waals surface area contributed by atoms with Crippen molar-refractivity contribution in [3.63, 3.8) is 0 Å². The molecule has 1 aromatic carbocycles. The lowest BCUT2D eigenvalue weighted by Crippen LogP contribution is -2.62. The van der Waals surface area contributed by atoms with Crippen molar-refractivity contribution in [3.05, 3.63) is 24.3 Å². The van der Waals surface area contributed by atoms with E-state index in [1.54, 1.807) is 36.2 Å². The molecule has 0 saturated heterocycles. The quantitative estimate of drug-likeness (QED) is 0.584. The number of ether oxygens (including phenoxy) is 2. The van der Waals surface area contributed by atoms with Crippen LogP contribution in [0, 0.1) is 0 Å². The molecule has 1 aliphatic heterocycles. The lowest BCUT2D eigenvalue weighted by atomic mass is 9.99. The standard InChI is InChI=1S/C14H16N2O5/c1-15-9-6-4-5-7-10(9)16(8-17)12(14(19)21-3)11(15)13(18)20-2/h4-8,11-12H,1-3H3. The Bertz CT molecular complexity index is 574. The van der Waals surface area contributed by atoms with Crippen LogP contribution >= 0.6 is 0 Å². The number of benzene rings is 1. The van der Waals surface area contributed by atoms with Gasteiger partial charge in [0.2, 0.25) is 6.41 Å². The number of likely N-dealkylation sites (N-methyl/N-ethyl adjacent to an activating group) is 1. The van der Waals surface area contributed by atoms with Gasteiger partial charge in [0.25, 0.3) is 0 Å². The summed E-state index contributed by atoms with van der Waals surface area (Å²) >= 11 is 0. The number of nitrogens with zero attached hydrogens (tertiary/aromatic N) is 2. The molecule has 1 heterocycles. The van der Waals surface area contributed by atoms with Crippen molar-refractivity contribution in [1.29, 1.82) is 0 Å². The van der Waals surface area contributed by atoms with Crippen LogP contribution in [0.1, 0.15) is 0 Å². The molecule has 1 aromatic rings. The molecule has 112 valence electrons. The minimum absolute atomic E-state index is 0.517. The number of rotatable bonds is 3. The van der Waals surface area contributed by atoms with Crippen molar-refractivity contribution in [2.24, 2.45) is 0 Å². The number of amides is 1. The van der Waals surface area contributed by atoms with Crippen LogP contribution < -0.4 is 9.80 Å². The first-order valence-corrected chi connectivity index (χ1v) is 6.28. The smallest absolute Gasteiger partial charge is 0.331 e. The van der Waals surface area contributed by atoms with Crippen molar-refractivity contribution in [2.75, 3.05) is 31.1 Å². The molecule has 2 atom stereocenters. The van der Waals surface area contributed by atoms with Crippen LogP contribution in [0.15, 0.2) is 24.3 Å². The number of hydrogen-bond acceptors (Lipinski definition) is 6. The maximum absolute atomic E-state index is 12.1. The lowest BCUT2D eigenvalue weighted by Gasteiger charge is -2.43. The van der Waals surface area contributed by atoms with Crippen LogP contribution in [-0.4, -0.2) is 51.7 Å². The Hall–Kier alpha value is -2.57. The van der Waals surface area contributed by atoms with Gasteiger partial charge in [0.05, 0.1) is 25.6 Å². The highest BCUT2D eigenvalue weighted by Gasteiger charge is 2.47. The van der Waals surface area contributed by atoms with Crippen molar-refractivity contribution in [2.45, 2.75) is 12.1 Å². The predicted octanol–water partition coefficient (Wildman–Crippen LogP) is 0.182. The van der Waals surface area contributed by atoms with Gasteiger partial charge in [-0.3, -0.25) is 9.69 Å². The van der Waals surface area contributed by atoms with E-state index in [0.29, 0.717) is 17.8 Å². The van der Waals surface area contributed by atoms with Gasteiger partial charge in [-0.05, 0) is 12.1 Å². The molecule has 0 aromatic heterocycles. The highest BCUT2D eigenvalue weighted by Crippen LogP contribution is 2.37. The largest absolute Gasteiger partial charge is 0.467 e. The van der Waals surface area contributed by atoms with Gasteiger partial charge in [-0.1, -0.05) is 12.1 Å². The Kier molecular flexibility index (Phi) is 4.11. The molecule has 2 rings (SSSR count). The van der Waals surface area contributed by atoms with Gasteiger partial charge in [0.1, 0.15) is 0 Å². The van der Waals surface area contributed by atoms with Crippen molar-refractivity contribution >= 4 is 29.7 Å². The number of esters is 2. The summed E-state index contributed by atoms with van der Waals surface area (Å²) in [6, 6.07) is 4.92. The summed E-state index contributed by atoms with van der Waals surface area (Å²) in [5, 5.41) is 0. The maximum Gasteiger partial charge on any atom is 0.331 e. The third-order valence-electron chi connectivity index (χ3n) is 3.55. The maximum atomic E-state index is 12.1. The van der Waals surface area contributed by atoms with Crippen molar-refractivity contribution in [3.8, 4) is 0 Å². The van der Waals surface area contributed by atoms with Gasteiger partial charge in [-0.15, -0.1) is 0 Å². The van der Waals surface area contributed by atoms with Crippen LogP contribution in [0.5, 0.6) is 0 Å². The molecule has 7 heteroatoms. The molecule has 0 bridgehead atoms. The van der Waals surface area contributed by atoms with Crippen LogP contribution in [0.4, 0.5) is 11.4 Å². The Morgan fingerprint density at radius 1 is 1.05 bits per heavy atom. The first kappa shape index (κ1) is 14.8. The number of fused-ring (bicyclic) bond motifs is 1. The van der Waals surface area contributed by atoms with E-state index < -0.39 is 24.0 Å². The first-order chi connectivity index (χ1) is 10.1. The third kappa shape index (κ3) is 2.31. The second-order valence-electron chi connectivity index (χ2n) is 4.55. The molecule has 0 radical (unpaired) electrons. The molecule has 21 heavy (non-hydrogen) atoms. The van der Waals surface area contributed by atoms with Crippen LogP contribution in [0.3, 0.4) is 0 Å². The highest BCUT2D eigenvalue weighted by molar-refractivity contribution is 6.01. The molecule has 0 saturated carbocycles. The van der Waals surface area contributed by atoms with E-state index >= 15 is 0 Å². The minimum Gasteiger partial charge on any atom is -0.467 e. The molecule has 0 spiro atoms. The van der Waals surface area contributed by atoms with Gasteiger partial charge in [0, 0.05) is 7.05 Å². The summed E-state index contributed by atoms with van der Waals surface area (Å²) in [6.45, 7) is 0. The van der Waals surface area contributed by atoms with E-state index in [1.165, 1.54) is 19.1 Å². The SMILES string of the molecule is COC(=O)C1C(C(=O)OC)N(C=O)c2ccccc2N1C. The van der Waals surface area contributed by atoms with Crippen LogP contribution in [0.2, 0.25) is 0 Å². The van der Waals surface area contributed by atoms with Crippen molar-refractivity contribution in [1.82, 2.24) is 0 Å². The van der Waals surface area contributed by atoms with Gasteiger partial charge in [0.15, 0.2) is 12.1 Å². The summed E-state index contributed by atoms with van der Waals surface area (Å²) in [5.41, 5.74) is 1.19. The third-order valence-corrected chi connectivity index (χ3v) is 3.55. The fourth-order valence-electron chi connectivity index (χ4n) is 2.54. The number of hydrogen-bond donors (Lipinski definition) is 0. The minimum atomic E-state index is -1.10. The Morgan fingerprint density at radius 3 is 2.10 bits per heavy atom. The van der Waals surface area contributed by atoms with E-state index in [-0.39, 0.29) is 0 Å². The topological polar surface area (TPSA) is 76.2 Å². The van der Waals surface area contributed by atoms with Gasteiger partial charge in [-0.25, -0.2) is 9.59 Å². The lowest BCUT2D eigenvalue weighted by molar-refractivity contribution is -0.150. The molecule has 2 unspecified atom stereocenters. The average molecular weight is 292 g/mol.